The van der Waals surface area contributed by atoms with Crippen molar-refractivity contribution in [3.8, 4) is 11.8 Å². The molecule has 0 bridgehead atoms. The minimum Gasteiger partial charge on any atom is -0.321 e. The van der Waals surface area contributed by atoms with Gasteiger partial charge in [-0.2, -0.15) is 5.26 Å². The van der Waals surface area contributed by atoms with E-state index in [0.717, 1.165) is 11.3 Å². The predicted octanol–water partition coefficient (Wildman–Crippen LogP) is 3.60. The van der Waals surface area contributed by atoms with E-state index in [1.54, 1.807) is 60.7 Å². The van der Waals surface area contributed by atoms with Crippen LogP contribution < -0.4 is 20.1 Å². The second kappa shape index (κ2) is 10.2. The van der Waals surface area contributed by atoms with Crippen LogP contribution in [0.4, 0.5) is 11.4 Å². The molecule has 4 aromatic rings. The van der Waals surface area contributed by atoms with Gasteiger partial charge in [0.25, 0.3) is 17.2 Å². The molecule has 0 atom stereocenters. The van der Waals surface area contributed by atoms with Crippen molar-refractivity contribution >= 4 is 51.9 Å². The normalized spacial score (nSPS) is 12.1. The lowest BCUT2D eigenvalue weighted by atomic mass is 10.2. The zero-order chi connectivity index (χ0) is 24.9. The number of carbonyl (C=O) groups is 1. The average Bonchev–Trinajstić information content (AvgIpc) is 3.17. The lowest BCUT2D eigenvalue weighted by Crippen LogP contribution is -2.32. The third kappa shape index (κ3) is 5.19. The molecule has 4 rings (SSSR count). The number of non-ortho nitro benzene ring substituents is 1. The van der Waals surface area contributed by atoms with Gasteiger partial charge in [-0.3, -0.25) is 24.3 Å². The number of hydrogen-bond donors (Lipinski definition) is 1. The third-order valence-electron chi connectivity index (χ3n) is 4.89. The number of hydrogen-bond acceptors (Lipinski definition) is 6. The fourth-order valence-electron chi connectivity index (χ4n) is 3.23. The van der Waals surface area contributed by atoms with Crippen LogP contribution >= 0.6 is 22.9 Å². The molecule has 0 unspecified atom stereocenters. The largest absolute Gasteiger partial charge is 0.321 e. The molecule has 0 saturated heterocycles. The highest BCUT2D eigenvalue weighted by Crippen LogP contribution is 2.15. The molecule has 0 aliphatic rings. The molecule has 1 amide bonds. The number of rotatable bonds is 5. The first kappa shape index (κ1) is 23.6. The number of nitro groups is 1. The maximum atomic E-state index is 13.4. The summed E-state index contributed by atoms with van der Waals surface area (Å²) in [6.07, 6.45) is 1.56. The molecule has 0 aliphatic heterocycles. The van der Waals surface area contributed by atoms with Gasteiger partial charge in [0.2, 0.25) is 0 Å². The van der Waals surface area contributed by atoms with Gasteiger partial charge in [0.1, 0.15) is 10.7 Å². The Bertz CT molecular complexity index is 1640. The van der Waals surface area contributed by atoms with E-state index in [1.807, 2.05) is 6.07 Å². The lowest BCUT2D eigenvalue weighted by molar-refractivity contribution is -0.384. The summed E-state index contributed by atoms with van der Waals surface area (Å²) in [6, 6.07) is 22.7. The molecule has 8 nitrogen and oxygen atoms in total. The van der Waals surface area contributed by atoms with Gasteiger partial charge in [0.05, 0.1) is 15.1 Å². The third-order valence-corrected chi connectivity index (χ3v) is 6.24. The van der Waals surface area contributed by atoms with Crippen molar-refractivity contribution < 1.29 is 9.72 Å². The molecule has 172 valence electrons. The van der Waals surface area contributed by atoms with Gasteiger partial charge in [-0.25, -0.2) is 0 Å². The highest BCUT2D eigenvalue weighted by molar-refractivity contribution is 7.07. The Balaban J connectivity index is 1.91. The van der Waals surface area contributed by atoms with Gasteiger partial charge < -0.3 is 5.32 Å². The Hall–Kier alpha value is -4.52. The highest BCUT2D eigenvalue weighted by Gasteiger charge is 2.17. The van der Waals surface area contributed by atoms with Crippen LogP contribution in [0, 0.1) is 21.4 Å². The van der Waals surface area contributed by atoms with Gasteiger partial charge in [-0.15, -0.1) is 11.3 Å². The number of amides is 1. The van der Waals surface area contributed by atoms with E-state index in [0.29, 0.717) is 22.0 Å². The number of nitro benzene ring substituents is 1. The number of aromatic nitrogens is 1. The number of carbonyl (C=O) groups excluding carboxylic acids is 1. The van der Waals surface area contributed by atoms with Gasteiger partial charge >= 0.3 is 0 Å². The van der Waals surface area contributed by atoms with E-state index in [2.05, 4.69) is 5.32 Å². The summed E-state index contributed by atoms with van der Waals surface area (Å²) >= 11 is 6.87. The zero-order valence-corrected chi connectivity index (χ0v) is 19.4. The Labute approximate surface area is 207 Å². The number of nitriles is 1. The topological polar surface area (TPSA) is 118 Å². The maximum Gasteiger partial charge on any atom is 0.273 e. The van der Waals surface area contributed by atoms with Crippen LogP contribution in [-0.2, 0) is 4.79 Å². The molecule has 0 spiro atoms. The van der Waals surface area contributed by atoms with Crippen LogP contribution in [0.5, 0.6) is 0 Å². The molecule has 0 aliphatic carbocycles. The highest BCUT2D eigenvalue weighted by atomic mass is 35.5. The number of halogens is 1. The molecule has 0 fully saturated rings. The second-order valence-electron chi connectivity index (χ2n) is 7.19. The summed E-state index contributed by atoms with van der Waals surface area (Å²) in [7, 11) is 0. The van der Waals surface area contributed by atoms with Crippen molar-refractivity contribution in [2.45, 2.75) is 0 Å². The van der Waals surface area contributed by atoms with Crippen molar-refractivity contribution in [1.29, 1.82) is 5.26 Å². The monoisotopic (exact) mass is 502 g/mol. The van der Waals surface area contributed by atoms with Crippen molar-refractivity contribution in [2.75, 3.05) is 5.32 Å². The standard InChI is InChI=1S/C25H15ClN4O4S/c26-17-8-10-18(11-9-17)28-23(31)21(15-27)25-29(19-4-2-1-3-5-19)24(32)22(35-25)14-16-6-12-20(13-7-16)30(33)34/h1-14H,(H,28,31)/b22-14+,25-21-. The molecular weight excluding hydrogens is 488 g/mol. The average molecular weight is 503 g/mol. The van der Waals surface area contributed by atoms with E-state index in [9.17, 15) is 25.0 Å². The molecular formula is C25H15ClN4O4S. The zero-order valence-electron chi connectivity index (χ0n) is 17.8. The van der Waals surface area contributed by atoms with E-state index in [-0.39, 0.29) is 20.5 Å². The number of anilines is 1. The smallest absolute Gasteiger partial charge is 0.273 e. The Kier molecular flexibility index (Phi) is 6.87. The molecule has 10 heteroatoms. The SMILES string of the molecule is N#C/C(C(=O)Nc1ccc(Cl)cc1)=c1/s/c(=C/c2ccc([N+](=O)[O-])cc2)c(=O)n1-c1ccccc1. The summed E-state index contributed by atoms with van der Waals surface area (Å²) in [5, 5.41) is 23.9. The fourth-order valence-corrected chi connectivity index (χ4v) is 4.46. The van der Waals surface area contributed by atoms with E-state index in [1.165, 1.54) is 28.8 Å². The summed E-state index contributed by atoms with van der Waals surface area (Å²) in [6.45, 7) is 0. The molecule has 35 heavy (non-hydrogen) atoms. The maximum absolute atomic E-state index is 13.4. The molecule has 1 heterocycles. The number of thiazole rings is 1. The number of nitrogens with zero attached hydrogens (tertiary/aromatic N) is 3. The molecule has 0 saturated carbocycles. The quantitative estimate of drug-likeness (QED) is 0.330. The van der Waals surface area contributed by atoms with E-state index in [4.69, 9.17) is 11.6 Å². The summed E-state index contributed by atoms with van der Waals surface area (Å²) in [4.78, 5) is 36.8. The van der Waals surface area contributed by atoms with Gasteiger partial charge in [-0.05, 0) is 60.2 Å². The van der Waals surface area contributed by atoms with E-state index < -0.39 is 16.4 Å². The van der Waals surface area contributed by atoms with Crippen LogP contribution in [0.1, 0.15) is 5.56 Å². The molecule has 1 N–H and O–H groups in total. The van der Waals surface area contributed by atoms with Crippen LogP contribution in [0.3, 0.4) is 0 Å². The predicted molar refractivity (Wildman–Crippen MR) is 135 cm³/mol. The number of para-hydroxylation sites is 1. The second-order valence-corrected chi connectivity index (χ2v) is 8.66. The summed E-state index contributed by atoms with van der Waals surface area (Å²) in [5.41, 5.74) is 0.740. The van der Waals surface area contributed by atoms with Crippen LogP contribution in [0.25, 0.3) is 17.3 Å². The first-order valence-electron chi connectivity index (χ1n) is 10.1. The van der Waals surface area contributed by atoms with Crippen molar-refractivity contribution in [3.05, 3.63) is 119 Å². The molecule has 3 aromatic carbocycles. The molecule has 0 radical (unpaired) electrons. The lowest BCUT2D eigenvalue weighted by Gasteiger charge is -2.06. The number of benzene rings is 3. The minimum absolute atomic E-state index is 0.0744. The Morgan fingerprint density at radius 2 is 1.71 bits per heavy atom. The summed E-state index contributed by atoms with van der Waals surface area (Å²) in [5.74, 6) is -0.678. The van der Waals surface area contributed by atoms with Gasteiger partial charge in [0.15, 0.2) is 5.57 Å². The van der Waals surface area contributed by atoms with Crippen LogP contribution in [0.2, 0.25) is 5.02 Å². The van der Waals surface area contributed by atoms with Crippen molar-refractivity contribution in [3.63, 3.8) is 0 Å². The van der Waals surface area contributed by atoms with Gasteiger partial charge in [-0.1, -0.05) is 29.8 Å². The number of nitrogens with one attached hydrogen (secondary N) is 1. The van der Waals surface area contributed by atoms with Gasteiger partial charge in [0, 0.05) is 22.8 Å². The minimum atomic E-state index is -0.678. The van der Waals surface area contributed by atoms with Crippen LogP contribution in [0.15, 0.2) is 83.7 Å². The van der Waals surface area contributed by atoms with Crippen molar-refractivity contribution in [2.24, 2.45) is 0 Å². The Morgan fingerprint density at radius 3 is 2.31 bits per heavy atom. The van der Waals surface area contributed by atoms with Crippen molar-refractivity contribution in [1.82, 2.24) is 4.57 Å². The Morgan fingerprint density at radius 1 is 1.06 bits per heavy atom. The summed E-state index contributed by atoms with van der Waals surface area (Å²) < 4.78 is 1.72. The first-order valence-corrected chi connectivity index (χ1v) is 11.3. The van der Waals surface area contributed by atoms with E-state index >= 15 is 0 Å². The van der Waals surface area contributed by atoms with Crippen LogP contribution in [-0.4, -0.2) is 15.4 Å². The fraction of sp³-hybridized carbons (Fsp3) is 0. The molecule has 1 aromatic heterocycles. The first-order chi connectivity index (χ1) is 16.9.